The second kappa shape index (κ2) is 11.2. The minimum Gasteiger partial charge on any atom is -0.491 e. The fourth-order valence-corrected chi connectivity index (χ4v) is 5.62. The van der Waals surface area contributed by atoms with Gasteiger partial charge in [0.2, 0.25) is 5.82 Å². The van der Waals surface area contributed by atoms with E-state index >= 15 is 0 Å². The number of hydrogen-bond donors (Lipinski definition) is 1. The summed E-state index contributed by atoms with van der Waals surface area (Å²) in [4.78, 5) is 11.6. The molecule has 2 aromatic heterocycles. The summed E-state index contributed by atoms with van der Waals surface area (Å²) >= 11 is 13.8. The highest BCUT2D eigenvalue weighted by atomic mass is 35.5. The number of nitrogens with one attached hydrogen (secondary N) is 1. The molecule has 190 valence electrons. The molecule has 36 heavy (non-hydrogen) atoms. The van der Waals surface area contributed by atoms with Crippen LogP contribution in [0.1, 0.15) is 11.1 Å². The number of thiophene rings is 1. The minimum absolute atomic E-state index is 0.0132. The quantitative estimate of drug-likeness (QED) is 0.266. The molecule has 0 unspecified atom stereocenters. The van der Waals surface area contributed by atoms with Crippen LogP contribution in [-0.4, -0.2) is 50.5 Å². The van der Waals surface area contributed by atoms with Gasteiger partial charge in [0.25, 0.3) is 15.9 Å². The summed E-state index contributed by atoms with van der Waals surface area (Å²) in [6.45, 7) is 2.95. The van der Waals surface area contributed by atoms with Gasteiger partial charge in [-0.1, -0.05) is 35.3 Å². The van der Waals surface area contributed by atoms with E-state index in [0.717, 1.165) is 12.1 Å². The van der Waals surface area contributed by atoms with Gasteiger partial charge in [0.15, 0.2) is 0 Å². The van der Waals surface area contributed by atoms with E-state index in [-0.39, 0.29) is 23.2 Å². The number of sulfonamides is 1. The van der Waals surface area contributed by atoms with Crippen molar-refractivity contribution in [3.05, 3.63) is 69.0 Å². The van der Waals surface area contributed by atoms with E-state index in [0.29, 0.717) is 38.3 Å². The molecule has 0 aliphatic rings. The summed E-state index contributed by atoms with van der Waals surface area (Å²) in [5, 5.41) is 2.66. The Morgan fingerprint density at radius 1 is 1.06 bits per heavy atom. The van der Waals surface area contributed by atoms with Gasteiger partial charge >= 0.3 is 0 Å². The summed E-state index contributed by atoms with van der Waals surface area (Å²) in [5.74, 6) is 0.575. The highest BCUT2D eigenvalue weighted by Crippen LogP contribution is 2.31. The number of nitrogens with zero attached hydrogens (tertiary/aromatic N) is 3. The number of ether oxygens (including phenoxy) is 2. The number of halogens is 2. The lowest BCUT2D eigenvalue weighted by Crippen LogP contribution is -2.19. The smallest absolute Gasteiger partial charge is 0.263 e. The fraction of sp³-hybridized carbons (Fsp3) is 0.250. The van der Waals surface area contributed by atoms with Crippen LogP contribution in [0.2, 0.25) is 10.0 Å². The molecule has 2 aromatic carbocycles. The van der Waals surface area contributed by atoms with Crippen LogP contribution in [0, 0.1) is 6.92 Å². The van der Waals surface area contributed by atoms with Crippen LogP contribution >= 0.6 is 34.5 Å². The third-order valence-corrected chi connectivity index (χ3v) is 8.17. The van der Waals surface area contributed by atoms with E-state index in [9.17, 15) is 8.42 Å². The van der Waals surface area contributed by atoms with Gasteiger partial charge in [0, 0.05) is 11.6 Å². The Bertz CT molecular complexity index is 1490. The Balaban J connectivity index is 1.59. The van der Waals surface area contributed by atoms with E-state index in [1.165, 1.54) is 17.4 Å². The molecule has 0 radical (unpaired) electrons. The Labute approximate surface area is 223 Å². The van der Waals surface area contributed by atoms with Crippen LogP contribution in [0.4, 0.5) is 5.82 Å². The van der Waals surface area contributed by atoms with Gasteiger partial charge < -0.3 is 14.4 Å². The van der Waals surface area contributed by atoms with Gasteiger partial charge in [-0.25, -0.2) is 18.4 Å². The van der Waals surface area contributed by atoms with E-state index in [1.54, 1.807) is 43.3 Å². The zero-order chi connectivity index (χ0) is 25.9. The molecule has 0 aliphatic carbocycles. The zero-order valence-corrected chi connectivity index (χ0v) is 22.9. The molecule has 0 spiro atoms. The second-order valence-corrected chi connectivity index (χ2v) is 11.5. The van der Waals surface area contributed by atoms with Crippen molar-refractivity contribution < 1.29 is 17.9 Å². The second-order valence-electron chi connectivity index (χ2n) is 8.16. The van der Waals surface area contributed by atoms with Crippen LogP contribution < -0.4 is 14.2 Å². The number of fused-ring (bicyclic) bond motifs is 1. The molecule has 0 fully saturated rings. The summed E-state index contributed by atoms with van der Waals surface area (Å²) in [5.41, 5.74) is 1.80. The summed E-state index contributed by atoms with van der Waals surface area (Å²) < 4.78 is 40.6. The van der Waals surface area contributed by atoms with E-state index in [1.807, 2.05) is 24.4 Å². The van der Waals surface area contributed by atoms with Gasteiger partial charge in [-0.05, 0) is 67.9 Å². The maximum atomic E-state index is 13.2. The fourth-order valence-electron chi connectivity index (χ4n) is 3.24. The van der Waals surface area contributed by atoms with Crippen molar-refractivity contribution in [1.82, 2.24) is 14.9 Å². The molecule has 0 amide bonds. The normalized spacial score (nSPS) is 11.7. The Morgan fingerprint density at radius 3 is 2.64 bits per heavy atom. The Kier molecular flexibility index (Phi) is 8.21. The standard InChI is InChI=1S/C24H24Cl2N4O4S2/c1-15-17(25)5-4-6-21(15)36(31,32)29-22-23(27-19-9-12-35-24(19)28-22)34-14-16-7-8-18(26)20(13-16)33-11-10-30(2)3/h4-9,12-13H,10-11,14H2,1-3H3,(H,28,29). The number of aromatic nitrogens is 2. The first kappa shape index (κ1) is 26.4. The first-order valence-electron chi connectivity index (χ1n) is 10.9. The van der Waals surface area contributed by atoms with Gasteiger partial charge in [0.05, 0.1) is 9.92 Å². The molecule has 0 saturated heterocycles. The van der Waals surface area contributed by atoms with Crippen molar-refractivity contribution in [2.75, 3.05) is 32.0 Å². The molecule has 0 atom stereocenters. The average molecular weight is 568 g/mol. The molecule has 0 saturated carbocycles. The minimum atomic E-state index is -4.01. The SMILES string of the molecule is Cc1c(Cl)cccc1S(=O)(=O)Nc1nc2sccc2nc1OCc1ccc(Cl)c(OCCN(C)C)c1. The summed E-state index contributed by atoms with van der Waals surface area (Å²) in [6.07, 6.45) is 0. The van der Waals surface area contributed by atoms with Crippen LogP contribution in [-0.2, 0) is 16.6 Å². The first-order valence-corrected chi connectivity index (χ1v) is 14.0. The van der Waals surface area contributed by atoms with Crippen molar-refractivity contribution in [2.45, 2.75) is 18.4 Å². The third-order valence-electron chi connectivity index (χ3n) is 5.17. The van der Waals surface area contributed by atoms with Crippen LogP contribution in [0.3, 0.4) is 0 Å². The van der Waals surface area contributed by atoms with E-state index in [2.05, 4.69) is 14.7 Å². The predicted octanol–water partition coefficient (Wildman–Crippen LogP) is 5.63. The topological polar surface area (TPSA) is 93.7 Å². The van der Waals surface area contributed by atoms with Gasteiger partial charge in [-0.2, -0.15) is 0 Å². The molecule has 0 bridgehead atoms. The summed E-state index contributed by atoms with van der Waals surface area (Å²) in [6, 6.07) is 11.8. The predicted molar refractivity (Wildman–Crippen MR) is 144 cm³/mol. The largest absolute Gasteiger partial charge is 0.491 e. The lowest BCUT2D eigenvalue weighted by Gasteiger charge is -2.15. The van der Waals surface area contributed by atoms with E-state index in [4.69, 9.17) is 32.7 Å². The molecule has 4 rings (SSSR count). The monoisotopic (exact) mass is 566 g/mol. The Morgan fingerprint density at radius 2 is 1.86 bits per heavy atom. The molecule has 12 heteroatoms. The maximum Gasteiger partial charge on any atom is 0.263 e. The number of hydrogen-bond acceptors (Lipinski definition) is 8. The van der Waals surface area contributed by atoms with Gasteiger partial charge in [0.1, 0.15) is 29.3 Å². The molecule has 0 aliphatic heterocycles. The molecular weight excluding hydrogens is 543 g/mol. The molecule has 4 aromatic rings. The highest BCUT2D eigenvalue weighted by Gasteiger charge is 2.22. The molecule has 8 nitrogen and oxygen atoms in total. The van der Waals surface area contributed by atoms with Crippen molar-refractivity contribution in [3.63, 3.8) is 0 Å². The summed E-state index contributed by atoms with van der Waals surface area (Å²) in [7, 11) is -0.0902. The average Bonchev–Trinajstić information content (AvgIpc) is 3.27. The maximum absolute atomic E-state index is 13.2. The van der Waals surface area contributed by atoms with Crippen molar-refractivity contribution in [1.29, 1.82) is 0 Å². The van der Waals surface area contributed by atoms with Gasteiger partial charge in [-0.15, -0.1) is 11.3 Å². The molecule has 2 heterocycles. The Hall–Kier alpha value is -2.63. The van der Waals surface area contributed by atoms with Crippen LogP contribution in [0.25, 0.3) is 10.3 Å². The van der Waals surface area contributed by atoms with Crippen molar-refractivity contribution in [2.24, 2.45) is 0 Å². The zero-order valence-electron chi connectivity index (χ0n) is 19.8. The van der Waals surface area contributed by atoms with Gasteiger partial charge in [-0.3, -0.25) is 4.72 Å². The van der Waals surface area contributed by atoms with Crippen LogP contribution in [0.15, 0.2) is 52.7 Å². The number of likely N-dealkylation sites (N-methyl/N-ethyl adjacent to an activating group) is 1. The number of rotatable bonds is 10. The van der Waals surface area contributed by atoms with Crippen molar-refractivity contribution in [3.8, 4) is 11.6 Å². The third kappa shape index (κ3) is 6.19. The number of anilines is 1. The first-order chi connectivity index (χ1) is 17.1. The lowest BCUT2D eigenvalue weighted by molar-refractivity contribution is 0.259. The molecule has 1 N–H and O–H groups in total. The molecular formula is C24H24Cl2N4O4S2. The number of benzene rings is 2. The lowest BCUT2D eigenvalue weighted by atomic mass is 10.2. The highest BCUT2D eigenvalue weighted by molar-refractivity contribution is 7.92. The van der Waals surface area contributed by atoms with Crippen LogP contribution in [0.5, 0.6) is 11.6 Å². The van der Waals surface area contributed by atoms with Crippen molar-refractivity contribution >= 4 is 60.7 Å². The van der Waals surface area contributed by atoms with E-state index < -0.39 is 10.0 Å².